The van der Waals surface area contributed by atoms with Gasteiger partial charge in [0.05, 0.1) is 5.75 Å². The molecule has 0 heterocycles. The summed E-state index contributed by atoms with van der Waals surface area (Å²) >= 11 is 0. The van der Waals surface area contributed by atoms with Crippen LogP contribution in [0.5, 0.6) is 5.75 Å². The molecule has 2 N–H and O–H groups in total. The fourth-order valence-electron chi connectivity index (χ4n) is 2.09. The number of phenolic OH excluding ortho intramolecular Hbond substituents is 1. The van der Waals surface area contributed by atoms with Gasteiger partial charge in [-0.2, -0.15) is 0 Å². The van der Waals surface area contributed by atoms with E-state index in [1.54, 1.807) is 18.2 Å². The zero-order valence-corrected chi connectivity index (χ0v) is 12.7. The van der Waals surface area contributed by atoms with Crippen molar-refractivity contribution in [2.75, 3.05) is 6.54 Å². The molecule has 0 saturated heterocycles. The molecule has 0 aliphatic heterocycles. The van der Waals surface area contributed by atoms with Crippen molar-refractivity contribution in [3.63, 3.8) is 0 Å². The van der Waals surface area contributed by atoms with Crippen molar-refractivity contribution >= 4 is 10.0 Å². The average Bonchev–Trinajstić information content (AvgIpc) is 2.43. The van der Waals surface area contributed by atoms with E-state index in [1.165, 1.54) is 0 Å². The summed E-state index contributed by atoms with van der Waals surface area (Å²) in [7, 11) is -3.37. The van der Waals surface area contributed by atoms with Crippen LogP contribution in [0.3, 0.4) is 0 Å². The molecule has 0 radical (unpaired) electrons. The summed E-state index contributed by atoms with van der Waals surface area (Å²) in [5, 5.41) is 9.63. The quantitative estimate of drug-likeness (QED) is 0.861. The molecule has 21 heavy (non-hydrogen) atoms. The largest absolute Gasteiger partial charge is 0.508 e. The van der Waals surface area contributed by atoms with Crippen LogP contribution in [0, 0.1) is 6.92 Å². The lowest BCUT2D eigenvalue weighted by Crippen LogP contribution is -2.27. The monoisotopic (exact) mass is 305 g/mol. The van der Waals surface area contributed by atoms with Crippen LogP contribution in [0.25, 0.3) is 0 Å². The van der Waals surface area contributed by atoms with Crippen molar-refractivity contribution in [2.45, 2.75) is 19.1 Å². The lowest BCUT2D eigenvalue weighted by molar-refractivity contribution is 0.467. The number of hydrogen-bond acceptors (Lipinski definition) is 3. The fourth-order valence-corrected chi connectivity index (χ4v) is 3.34. The SMILES string of the molecule is Cc1ccccc1CS(=O)(=O)NCCc1ccccc1O. The summed E-state index contributed by atoms with van der Waals surface area (Å²) in [6, 6.07) is 14.4. The molecule has 112 valence electrons. The molecule has 2 rings (SSSR count). The van der Waals surface area contributed by atoms with E-state index in [-0.39, 0.29) is 18.0 Å². The van der Waals surface area contributed by atoms with E-state index in [2.05, 4.69) is 4.72 Å². The number of aromatic hydroxyl groups is 1. The third-order valence-electron chi connectivity index (χ3n) is 3.31. The predicted octanol–water partition coefficient (Wildman–Crippen LogP) is 2.36. The van der Waals surface area contributed by atoms with Gasteiger partial charge in [-0.3, -0.25) is 0 Å². The Kier molecular flexibility index (Phi) is 4.98. The molecule has 0 atom stereocenters. The van der Waals surface area contributed by atoms with Crippen molar-refractivity contribution in [1.29, 1.82) is 0 Å². The summed E-state index contributed by atoms with van der Waals surface area (Å²) in [4.78, 5) is 0. The maximum Gasteiger partial charge on any atom is 0.215 e. The Hall–Kier alpha value is -1.85. The van der Waals surface area contributed by atoms with E-state index in [1.807, 2.05) is 37.3 Å². The van der Waals surface area contributed by atoms with Crippen LogP contribution in [0.4, 0.5) is 0 Å². The number of benzene rings is 2. The number of sulfonamides is 1. The summed E-state index contributed by atoms with van der Waals surface area (Å²) in [5.74, 6) is 0.163. The number of aryl methyl sites for hydroxylation is 1. The molecule has 0 unspecified atom stereocenters. The first-order chi connectivity index (χ1) is 9.98. The molecule has 0 aromatic heterocycles. The lowest BCUT2D eigenvalue weighted by Gasteiger charge is -2.09. The highest BCUT2D eigenvalue weighted by Crippen LogP contribution is 2.16. The second kappa shape index (κ2) is 6.74. The number of rotatable bonds is 6. The molecule has 0 fully saturated rings. The predicted molar refractivity (Wildman–Crippen MR) is 83.6 cm³/mol. The summed E-state index contributed by atoms with van der Waals surface area (Å²) in [5.41, 5.74) is 2.49. The molecule has 0 saturated carbocycles. The second-order valence-electron chi connectivity index (χ2n) is 4.96. The Morgan fingerprint density at radius 1 is 1.00 bits per heavy atom. The first kappa shape index (κ1) is 15.5. The van der Waals surface area contributed by atoms with Gasteiger partial charge in [-0.05, 0) is 36.1 Å². The molecule has 0 bridgehead atoms. The Bertz CT molecular complexity index is 711. The van der Waals surface area contributed by atoms with Gasteiger partial charge in [-0.25, -0.2) is 13.1 Å². The second-order valence-corrected chi connectivity index (χ2v) is 6.77. The Morgan fingerprint density at radius 2 is 1.62 bits per heavy atom. The number of phenols is 1. The molecule has 0 aliphatic rings. The first-order valence-electron chi connectivity index (χ1n) is 6.77. The van der Waals surface area contributed by atoms with Crippen LogP contribution >= 0.6 is 0 Å². The first-order valence-corrected chi connectivity index (χ1v) is 8.42. The molecule has 4 nitrogen and oxygen atoms in total. The van der Waals surface area contributed by atoms with E-state index < -0.39 is 10.0 Å². The van der Waals surface area contributed by atoms with Gasteiger partial charge in [-0.1, -0.05) is 42.5 Å². The van der Waals surface area contributed by atoms with Crippen LogP contribution in [-0.2, 0) is 22.2 Å². The van der Waals surface area contributed by atoms with Crippen LogP contribution in [0.2, 0.25) is 0 Å². The molecular weight excluding hydrogens is 286 g/mol. The van der Waals surface area contributed by atoms with Gasteiger partial charge < -0.3 is 5.11 Å². The third-order valence-corrected chi connectivity index (χ3v) is 4.65. The van der Waals surface area contributed by atoms with Crippen molar-refractivity contribution in [3.8, 4) is 5.75 Å². The molecule has 5 heteroatoms. The smallest absolute Gasteiger partial charge is 0.215 e. The van der Waals surface area contributed by atoms with Gasteiger partial charge in [0.1, 0.15) is 5.75 Å². The van der Waals surface area contributed by atoms with Crippen molar-refractivity contribution < 1.29 is 13.5 Å². The summed E-state index contributed by atoms with van der Waals surface area (Å²) < 4.78 is 26.7. The highest BCUT2D eigenvalue weighted by Gasteiger charge is 2.12. The third kappa shape index (κ3) is 4.58. The Balaban J connectivity index is 1.93. The molecule has 0 amide bonds. The molecule has 0 aliphatic carbocycles. The minimum atomic E-state index is -3.37. The van der Waals surface area contributed by atoms with Crippen LogP contribution in [0.1, 0.15) is 16.7 Å². The van der Waals surface area contributed by atoms with Crippen molar-refractivity contribution in [3.05, 3.63) is 65.2 Å². The minimum Gasteiger partial charge on any atom is -0.508 e. The average molecular weight is 305 g/mol. The van der Waals surface area contributed by atoms with Gasteiger partial charge >= 0.3 is 0 Å². The standard InChI is InChI=1S/C16H19NO3S/c1-13-6-2-3-8-15(13)12-21(19,20)17-11-10-14-7-4-5-9-16(14)18/h2-9,17-18H,10-12H2,1H3. The zero-order valence-electron chi connectivity index (χ0n) is 11.9. The van der Waals surface area contributed by atoms with E-state index in [4.69, 9.17) is 0 Å². The normalized spacial score (nSPS) is 11.5. The fraction of sp³-hybridized carbons (Fsp3) is 0.250. The van der Waals surface area contributed by atoms with Crippen molar-refractivity contribution in [2.24, 2.45) is 0 Å². The van der Waals surface area contributed by atoms with Gasteiger partial charge in [0.2, 0.25) is 10.0 Å². The molecule has 2 aromatic carbocycles. The molecule has 0 spiro atoms. The van der Waals surface area contributed by atoms with Crippen LogP contribution < -0.4 is 4.72 Å². The summed E-state index contributed by atoms with van der Waals surface area (Å²) in [6.45, 7) is 2.17. The summed E-state index contributed by atoms with van der Waals surface area (Å²) in [6.07, 6.45) is 0.458. The van der Waals surface area contributed by atoms with Gasteiger partial charge in [0.15, 0.2) is 0 Å². The van der Waals surface area contributed by atoms with E-state index in [0.29, 0.717) is 6.42 Å². The minimum absolute atomic E-state index is 0.0273. The van der Waals surface area contributed by atoms with Gasteiger partial charge in [0.25, 0.3) is 0 Å². The van der Waals surface area contributed by atoms with Gasteiger partial charge in [0, 0.05) is 6.54 Å². The topological polar surface area (TPSA) is 66.4 Å². The molecular formula is C16H19NO3S. The van der Waals surface area contributed by atoms with Crippen molar-refractivity contribution in [1.82, 2.24) is 4.72 Å². The maximum atomic E-state index is 12.1. The number of para-hydroxylation sites is 1. The maximum absolute atomic E-state index is 12.1. The Morgan fingerprint density at radius 3 is 2.29 bits per heavy atom. The van der Waals surface area contributed by atoms with E-state index in [9.17, 15) is 13.5 Å². The Labute approximate surface area is 125 Å². The highest BCUT2D eigenvalue weighted by molar-refractivity contribution is 7.88. The van der Waals surface area contributed by atoms with Crippen LogP contribution in [-0.4, -0.2) is 20.1 Å². The lowest BCUT2D eigenvalue weighted by atomic mass is 10.1. The number of nitrogens with one attached hydrogen (secondary N) is 1. The van der Waals surface area contributed by atoms with Gasteiger partial charge in [-0.15, -0.1) is 0 Å². The molecule has 2 aromatic rings. The van der Waals surface area contributed by atoms with Crippen LogP contribution in [0.15, 0.2) is 48.5 Å². The zero-order chi connectivity index (χ0) is 15.3. The highest BCUT2D eigenvalue weighted by atomic mass is 32.2. The number of hydrogen-bond donors (Lipinski definition) is 2. The van der Waals surface area contributed by atoms with E-state index >= 15 is 0 Å². The van der Waals surface area contributed by atoms with E-state index in [0.717, 1.165) is 16.7 Å².